The Morgan fingerprint density at radius 2 is 1.73 bits per heavy atom. The second kappa shape index (κ2) is 7.91. The van der Waals surface area contributed by atoms with E-state index in [0.29, 0.717) is 0 Å². The molecule has 0 radical (unpaired) electrons. The Morgan fingerprint density at radius 1 is 1.14 bits per heavy atom. The van der Waals surface area contributed by atoms with Gasteiger partial charge in [0.25, 0.3) is 0 Å². The molecule has 1 atom stereocenters. The predicted octanol–water partition coefficient (Wildman–Crippen LogP) is 0.209. The third-order valence-electron chi connectivity index (χ3n) is 3.29. The van der Waals surface area contributed by atoms with E-state index in [1.165, 1.54) is 5.56 Å². The molecule has 1 aromatic rings. The lowest BCUT2D eigenvalue weighted by Crippen LogP contribution is -2.40. The lowest BCUT2D eigenvalue weighted by atomic mass is 9.86. The first-order valence-electron chi connectivity index (χ1n) is 7.26. The number of hydrogen-bond acceptors (Lipinski definition) is 4. The molecule has 0 bridgehead atoms. The Bertz CT molecular complexity index is 506. The summed E-state index contributed by atoms with van der Waals surface area (Å²) in [6, 6.07) is 7.66. The first-order chi connectivity index (χ1) is 10.2. The van der Waals surface area contributed by atoms with E-state index in [4.69, 9.17) is 5.73 Å². The van der Waals surface area contributed by atoms with Crippen LogP contribution in [0.1, 0.15) is 38.0 Å². The maximum absolute atomic E-state index is 11.5. The smallest absolute Gasteiger partial charge is 0.239 e. The molecule has 0 aliphatic carbocycles. The highest BCUT2D eigenvalue weighted by molar-refractivity contribution is 5.85. The van der Waals surface area contributed by atoms with Gasteiger partial charge in [-0.3, -0.25) is 9.59 Å². The molecule has 0 aromatic heterocycles. The van der Waals surface area contributed by atoms with E-state index in [-0.39, 0.29) is 31.0 Å². The van der Waals surface area contributed by atoms with E-state index in [1.807, 2.05) is 24.3 Å². The predicted molar refractivity (Wildman–Crippen MR) is 85.2 cm³/mol. The summed E-state index contributed by atoms with van der Waals surface area (Å²) in [5, 5.41) is 15.0. The molecule has 0 saturated carbocycles. The molecule has 0 fully saturated rings. The molecule has 0 spiro atoms. The van der Waals surface area contributed by atoms with Crippen molar-refractivity contribution in [3.05, 3.63) is 35.4 Å². The summed E-state index contributed by atoms with van der Waals surface area (Å²) >= 11 is 0. The van der Waals surface area contributed by atoms with E-state index in [9.17, 15) is 14.7 Å². The van der Waals surface area contributed by atoms with Gasteiger partial charge in [-0.05, 0) is 16.5 Å². The van der Waals surface area contributed by atoms with Gasteiger partial charge in [0.05, 0.1) is 19.2 Å². The molecule has 1 aromatic carbocycles. The van der Waals surface area contributed by atoms with E-state index in [1.54, 1.807) is 0 Å². The van der Waals surface area contributed by atoms with Crippen molar-refractivity contribution < 1.29 is 14.7 Å². The molecule has 6 heteroatoms. The number of nitrogens with two attached hydrogens (primary N) is 1. The van der Waals surface area contributed by atoms with Crippen molar-refractivity contribution in [2.45, 2.75) is 32.3 Å². The van der Waals surface area contributed by atoms with Gasteiger partial charge >= 0.3 is 0 Å². The molecule has 5 N–H and O–H groups in total. The van der Waals surface area contributed by atoms with Gasteiger partial charge in [-0.2, -0.15) is 0 Å². The average molecular weight is 307 g/mol. The van der Waals surface area contributed by atoms with Crippen molar-refractivity contribution >= 4 is 11.8 Å². The first kappa shape index (κ1) is 18.1. The number of aliphatic hydroxyl groups is 1. The zero-order chi connectivity index (χ0) is 16.8. The monoisotopic (exact) mass is 307 g/mol. The minimum Gasteiger partial charge on any atom is -0.387 e. The van der Waals surface area contributed by atoms with Crippen LogP contribution >= 0.6 is 0 Å². The van der Waals surface area contributed by atoms with Crippen LogP contribution in [-0.4, -0.2) is 36.6 Å². The highest BCUT2D eigenvalue weighted by atomic mass is 16.3. The van der Waals surface area contributed by atoms with Crippen LogP contribution in [0.2, 0.25) is 0 Å². The van der Waals surface area contributed by atoms with Crippen LogP contribution in [0.15, 0.2) is 24.3 Å². The van der Waals surface area contributed by atoms with Crippen molar-refractivity contribution in [2.24, 2.45) is 5.73 Å². The van der Waals surface area contributed by atoms with Crippen molar-refractivity contribution in [3.8, 4) is 0 Å². The number of carbonyl (C=O) groups is 2. The van der Waals surface area contributed by atoms with Gasteiger partial charge in [-0.15, -0.1) is 0 Å². The number of hydrogen-bond donors (Lipinski definition) is 4. The Kier molecular flexibility index (Phi) is 6.52. The number of nitrogens with one attached hydrogen (secondary N) is 2. The SMILES string of the molecule is CC(C)(C)c1ccc(C(O)CNC(=O)CNC(=O)CN)cc1. The number of aliphatic hydroxyl groups excluding tert-OH is 1. The summed E-state index contributed by atoms with van der Waals surface area (Å²) < 4.78 is 0. The second-order valence-corrected chi connectivity index (χ2v) is 6.17. The Hall–Kier alpha value is -1.92. The molecule has 0 saturated heterocycles. The van der Waals surface area contributed by atoms with E-state index >= 15 is 0 Å². The maximum atomic E-state index is 11.5. The summed E-state index contributed by atoms with van der Waals surface area (Å²) in [7, 11) is 0. The van der Waals surface area contributed by atoms with Crippen molar-refractivity contribution in [2.75, 3.05) is 19.6 Å². The summed E-state index contributed by atoms with van der Waals surface area (Å²) in [6.07, 6.45) is -0.789. The fraction of sp³-hybridized carbons (Fsp3) is 0.500. The molecule has 0 aliphatic rings. The van der Waals surface area contributed by atoms with Crippen LogP contribution in [0.3, 0.4) is 0 Å². The molecule has 122 valence electrons. The van der Waals surface area contributed by atoms with Gasteiger partial charge < -0.3 is 21.5 Å². The first-order valence-corrected chi connectivity index (χ1v) is 7.26. The largest absolute Gasteiger partial charge is 0.387 e. The van der Waals surface area contributed by atoms with Gasteiger partial charge in [-0.1, -0.05) is 45.0 Å². The van der Waals surface area contributed by atoms with Crippen LogP contribution in [0.5, 0.6) is 0 Å². The Balaban J connectivity index is 2.47. The van der Waals surface area contributed by atoms with Crippen molar-refractivity contribution in [1.82, 2.24) is 10.6 Å². The fourth-order valence-corrected chi connectivity index (χ4v) is 1.85. The Labute approximate surface area is 131 Å². The number of carbonyl (C=O) groups excluding carboxylic acids is 2. The summed E-state index contributed by atoms with van der Waals surface area (Å²) in [6.45, 7) is 6.14. The molecular weight excluding hydrogens is 282 g/mol. The normalized spacial score (nSPS) is 12.6. The van der Waals surface area contributed by atoms with Gasteiger partial charge in [0.2, 0.25) is 11.8 Å². The van der Waals surface area contributed by atoms with E-state index in [0.717, 1.165) is 5.56 Å². The zero-order valence-corrected chi connectivity index (χ0v) is 13.3. The fourth-order valence-electron chi connectivity index (χ4n) is 1.85. The number of rotatable bonds is 6. The van der Waals surface area contributed by atoms with Gasteiger partial charge in [0, 0.05) is 6.54 Å². The van der Waals surface area contributed by atoms with Crippen LogP contribution in [-0.2, 0) is 15.0 Å². The molecule has 1 unspecified atom stereocenters. The van der Waals surface area contributed by atoms with Gasteiger partial charge in [-0.25, -0.2) is 0 Å². The second-order valence-electron chi connectivity index (χ2n) is 6.17. The zero-order valence-electron chi connectivity index (χ0n) is 13.3. The topological polar surface area (TPSA) is 104 Å². The average Bonchev–Trinajstić information content (AvgIpc) is 2.49. The van der Waals surface area contributed by atoms with E-state index < -0.39 is 12.0 Å². The van der Waals surface area contributed by atoms with Crippen LogP contribution in [0.25, 0.3) is 0 Å². The van der Waals surface area contributed by atoms with Crippen LogP contribution in [0.4, 0.5) is 0 Å². The van der Waals surface area contributed by atoms with Crippen molar-refractivity contribution in [3.63, 3.8) is 0 Å². The number of amides is 2. The van der Waals surface area contributed by atoms with Gasteiger partial charge in [0.15, 0.2) is 0 Å². The summed E-state index contributed by atoms with van der Waals surface area (Å²) in [4.78, 5) is 22.4. The molecule has 22 heavy (non-hydrogen) atoms. The molecule has 1 rings (SSSR count). The van der Waals surface area contributed by atoms with E-state index in [2.05, 4.69) is 31.4 Å². The van der Waals surface area contributed by atoms with Crippen LogP contribution < -0.4 is 16.4 Å². The number of benzene rings is 1. The highest BCUT2D eigenvalue weighted by Gasteiger charge is 2.15. The molecule has 2 amide bonds. The van der Waals surface area contributed by atoms with Crippen LogP contribution in [0, 0.1) is 0 Å². The Morgan fingerprint density at radius 3 is 2.23 bits per heavy atom. The molecule has 0 aliphatic heterocycles. The van der Waals surface area contributed by atoms with Crippen molar-refractivity contribution in [1.29, 1.82) is 0 Å². The standard InChI is InChI=1S/C16H25N3O3/c1-16(2,3)12-6-4-11(5-7-12)13(20)9-18-15(22)10-19-14(21)8-17/h4-7,13,20H,8-10,17H2,1-3H3,(H,18,22)(H,19,21). The third kappa shape index (κ3) is 5.83. The molecule has 6 nitrogen and oxygen atoms in total. The van der Waals surface area contributed by atoms with Gasteiger partial charge in [0.1, 0.15) is 0 Å². The summed E-state index contributed by atoms with van der Waals surface area (Å²) in [5.74, 6) is -0.763. The lowest BCUT2D eigenvalue weighted by molar-refractivity contribution is -0.125. The maximum Gasteiger partial charge on any atom is 0.239 e. The minimum atomic E-state index is -0.789. The quantitative estimate of drug-likeness (QED) is 0.603. The molecule has 0 heterocycles. The third-order valence-corrected chi connectivity index (χ3v) is 3.29. The molecular formula is C16H25N3O3. The summed E-state index contributed by atoms with van der Waals surface area (Å²) in [5.41, 5.74) is 7.08. The highest BCUT2D eigenvalue weighted by Crippen LogP contribution is 2.23. The minimum absolute atomic E-state index is 0.0545. The lowest BCUT2D eigenvalue weighted by Gasteiger charge is -2.20.